The summed E-state index contributed by atoms with van der Waals surface area (Å²) in [5, 5.41) is 19.5. The van der Waals surface area contributed by atoms with Crippen molar-refractivity contribution in [3.8, 4) is 0 Å². The number of rotatable bonds is 5. The first kappa shape index (κ1) is 12.0. The number of hydrogen-bond donors (Lipinski definition) is 1. The van der Waals surface area contributed by atoms with Gasteiger partial charge in [0.15, 0.2) is 0 Å². The molecular formula is C10H13NO3S. The van der Waals surface area contributed by atoms with Crippen molar-refractivity contribution in [3.63, 3.8) is 0 Å². The van der Waals surface area contributed by atoms with Crippen molar-refractivity contribution in [1.82, 2.24) is 0 Å². The smallest absolute Gasteiger partial charge is 0.270 e. The number of benzene rings is 1. The number of nitro benzene ring substituents is 1. The molecule has 0 heterocycles. The topological polar surface area (TPSA) is 63.4 Å². The van der Waals surface area contributed by atoms with Crippen LogP contribution in [-0.2, 0) is 0 Å². The van der Waals surface area contributed by atoms with Crippen molar-refractivity contribution < 1.29 is 10.0 Å². The van der Waals surface area contributed by atoms with Crippen molar-refractivity contribution in [3.05, 3.63) is 34.4 Å². The van der Waals surface area contributed by atoms with Gasteiger partial charge >= 0.3 is 0 Å². The second-order valence-corrected chi connectivity index (χ2v) is 4.71. The van der Waals surface area contributed by atoms with Crippen molar-refractivity contribution in [2.24, 2.45) is 0 Å². The zero-order valence-corrected chi connectivity index (χ0v) is 9.24. The van der Waals surface area contributed by atoms with E-state index in [1.807, 2.05) is 13.0 Å². The largest absolute Gasteiger partial charge is 0.396 e. The molecule has 0 spiro atoms. The molecule has 5 heteroatoms. The molecule has 1 unspecified atom stereocenters. The summed E-state index contributed by atoms with van der Waals surface area (Å²) >= 11 is 1.54. The summed E-state index contributed by atoms with van der Waals surface area (Å²) in [6.45, 7) is 2.13. The highest BCUT2D eigenvalue weighted by molar-refractivity contribution is 7.99. The van der Waals surface area contributed by atoms with E-state index in [2.05, 4.69) is 0 Å². The van der Waals surface area contributed by atoms with Crippen LogP contribution in [0, 0.1) is 10.1 Å². The molecule has 0 radical (unpaired) electrons. The third-order valence-corrected chi connectivity index (χ3v) is 3.07. The first-order valence-electron chi connectivity index (χ1n) is 4.65. The fourth-order valence-corrected chi connectivity index (χ4v) is 2.18. The van der Waals surface area contributed by atoms with E-state index >= 15 is 0 Å². The minimum absolute atomic E-state index is 0.108. The summed E-state index contributed by atoms with van der Waals surface area (Å²) in [6.07, 6.45) is 0.688. The average molecular weight is 227 g/mol. The van der Waals surface area contributed by atoms with Gasteiger partial charge in [-0.2, -0.15) is 0 Å². The lowest BCUT2D eigenvalue weighted by Crippen LogP contribution is -1.99. The number of aliphatic hydroxyl groups excluding tert-OH is 1. The van der Waals surface area contributed by atoms with E-state index in [9.17, 15) is 10.1 Å². The highest BCUT2D eigenvalue weighted by Crippen LogP contribution is 2.27. The van der Waals surface area contributed by atoms with Gasteiger partial charge < -0.3 is 5.11 Å². The molecule has 0 aliphatic heterocycles. The van der Waals surface area contributed by atoms with Gasteiger partial charge in [-0.3, -0.25) is 10.1 Å². The normalized spacial score (nSPS) is 12.4. The molecule has 1 aromatic rings. The summed E-state index contributed by atoms with van der Waals surface area (Å²) in [7, 11) is 0. The molecule has 0 saturated carbocycles. The van der Waals surface area contributed by atoms with E-state index in [4.69, 9.17) is 5.11 Å². The fraction of sp³-hybridized carbons (Fsp3) is 0.400. The lowest BCUT2D eigenvalue weighted by Gasteiger charge is -2.08. The SMILES string of the molecule is CC(CCO)Sc1cccc([N+](=O)[O-])c1. The molecular weight excluding hydrogens is 214 g/mol. The van der Waals surface area contributed by atoms with Gasteiger partial charge in [-0.25, -0.2) is 0 Å². The molecule has 1 rings (SSSR count). The maximum atomic E-state index is 10.5. The van der Waals surface area contributed by atoms with Gasteiger partial charge in [0, 0.05) is 28.9 Å². The summed E-state index contributed by atoms with van der Waals surface area (Å²) in [6, 6.07) is 6.54. The molecule has 15 heavy (non-hydrogen) atoms. The molecule has 0 saturated heterocycles. The van der Waals surface area contributed by atoms with Crippen molar-refractivity contribution >= 4 is 17.4 Å². The quantitative estimate of drug-likeness (QED) is 0.477. The lowest BCUT2D eigenvalue weighted by atomic mass is 10.3. The van der Waals surface area contributed by atoms with Gasteiger partial charge in [0.05, 0.1) is 4.92 Å². The Hall–Kier alpha value is -1.07. The zero-order valence-electron chi connectivity index (χ0n) is 8.42. The third-order valence-electron chi connectivity index (χ3n) is 1.90. The Morgan fingerprint density at radius 2 is 2.33 bits per heavy atom. The van der Waals surface area contributed by atoms with Gasteiger partial charge in [0.25, 0.3) is 5.69 Å². The Morgan fingerprint density at radius 1 is 1.60 bits per heavy atom. The molecule has 1 aromatic carbocycles. The van der Waals surface area contributed by atoms with E-state index in [0.717, 1.165) is 4.90 Å². The van der Waals surface area contributed by atoms with Gasteiger partial charge in [-0.15, -0.1) is 11.8 Å². The maximum absolute atomic E-state index is 10.5. The number of aliphatic hydroxyl groups is 1. The second kappa shape index (κ2) is 5.72. The van der Waals surface area contributed by atoms with Crippen molar-refractivity contribution in [2.45, 2.75) is 23.5 Å². The Morgan fingerprint density at radius 3 is 2.93 bits per heavy atom. The van der Waals surface area contributed by atoms with Crippen LogP contribution in [0.2, 0.25) is 0 Å². The molecule has 0 amide bonds. The van der Waals surface area contributed by atoms with E-state index in [0.29, 0.717) is 6.42 Å². The number of nitrogens with zero attached hydrogens (tertiary/aromatic N) is 1. The average Bonchev–Trinajstić information content (AvgIpc) is 2.18. The molecule has 4 nitrogen and oxygen atoms in total. The Kier molecular flexibility index (Phi) is 4.58. The highest BCUT2D eigenvalue weighted by Gasteiger charge is 2.08. The van der Waals surface area contributed by atoms with Crippen LogP contribution in [0.15, 0.2) is 29.2 Å². The summed E-state index contributed by atoms with van der Waals surface area (Å²) in [4.78, 5) is 11.0. The monoisotopic (exact) mass is 227 g/mol. The number of nitro groups is 1. The van der Waals surface area contributed by atoms with Crippen LogP contribution in [0.1, 0.15) is 13.3 Å². The van der Waals surface area contributed by atoms with Crippen LogP contribution >= 0.6 is 11.8 Å². The standard InChI is InChI=1S/C10H13NO3S/c1-8(5-6-12)15-10-4-2-3-9(7-10)11(13)14/h2-4,7-8,12H,5-6H2,1H3. The van der Waals surface area contributed by atoms with Gasteiger partial charge in [0.1, 0.15) is 0 Å². The van der Waals surface area contributed by atoms with Crippen LogP contribution in [0.4, 0.5) is 5.69 Å². The predicted octanol–water partition coefficient (Wildman–Crippen LogP) is 2.46. The molecule has 0 aromatic heterocycles. The van der Waals surface area contributed by atoms with Gasteiger partial charge in [-0.05, 0) is 12.5 Å². The van der Waals surface area contributed by atoms with E-state index < -0.39 is 4.92 Å². The first-order valence-corrected chi connectivity index (χ1v) is 5.53. The summed E-state index contributed by atoms with van der Waals surface area (Å²) < 4.78 is 0. The summed E-state index contributed by atoms with van der Waals surface area (Å²) in [5.74, 6) is 0. The lowest BCUT2D eigenvalue weighted by molar-refractivity contribution is -0.385. The van der Waals surface area contributed by atoms with Crippen molar-refractivity contribution in [1.29, 1.82) is 0 Å². The predicted molar refractivity (Wildman–Crippen MR) is 60.1 cm³/mol. The van der Waals surface area contributed by atoms with Gasteiger partial charge in [-0.1, -0.05) is 13.0 Å². The number of hydrogen-bond acceptors (Lipinski definition) is 4. The fourth-order valence-electron chi connectivity index (χ4n) is 1.14. The molecule has 82 valence electrons. The minimum Gasteiger partial charge on any atom is -0.396 e. The number of non-ortho nitro benzene ring substituents is 1. The Bertz CT molecular complexity index is 343. The third kappa shape index (κ3) is 3.89. The molecule has 0 bridgehead atoms. The summed E-state index contributed by atoms with van der Waals surface area (Å²) in [5.41, 5.74) is 0.108. The maximum Gasteiger partial charge on any atom is 0.270 e. The van der Waals surface area contributed by atoms with Crippen LogP contribution in [-0.4, -0.2) is 21.9 Å². The van der Waals surface area contributed by atoms with Crippen LogP contribution in [0.3, 0.4) is 0 Å². The van der Waals surface area contributed by atoms with Crippen LogP contribution in [0.25, 0.3) is 0 Å². The molecule has 0 aliphatic carbocycles. The Balaban J connectivity index is 2.69. The van der Waals surface area contributed by atoms with Crippen molar-refractivity contribution in [2.75, 3.05) is 6.61 Å². The number of thioether (sulfide) groups is 1. The molecule has 0 fully saturated rings. The molecule has 0 aliphatic rings. The zero-order chi connectivity index (χ0) is 11.3. The highest BCUT2D eigenvalue weighted by atomic mass is 32.2. The second-order valence-electron chi connectivity index (χ2n) is 3.20. The van der Waals surface area contributed by atoms with E-state index in [-0.39, 0.29) is 17.5 Å². The Labute approximate surface area is 92.5 Å². The van der Waals surface area contributed by atoms with Crippen LogP contribution < -0.4 is 0 Å². The molecule has 1 N–H and O–H groups in total. The minimum atomic E-state index is -0.402. The molecule has 1 atom stereocenters. The van der Waals surface area contributed by atoms with E-state index in [1.54, 1.807) is 12.1 Å². The van der Waals surface area contributed by atoms with Crippen LogP contribution in [0.5, 0.6) is 0 Å². The van der Waals surface area contributed by atoms with Gasteiger partial charge in [0.2, 0.25) is 0 Å². The van der Waals surface area contributed by atoms with E-state index in [1.165, 1.54) is 17.8 Å². The first-order chi connectivity index (χ1) is 7.13.